The van der Waals surface area contributed by atoms with Crippen LogP contribution >= 0.6 is 39.1 Å². The maximum atomic E-state index is 14.2. The Balaban J connectivity index is 1.63. The van der Waals surface area contributed by atoms with Crippen LogP contribution in [-0.2, 0) is 31.6 Å². The van der Waals surface area contributed by atoms with Gasteiger partial charge < -0.3 is 10.4 Å². The SMILES string of the molecule is C[C@@]1(Cc2ccc(Br)cc2)C(=O)N(c2cc(Cl)cc(Cl)c2)c2ncc(S(=O)(=O)N3CCNC(C(=O)O)CC3)n21. The van der Waals surface area contributed by atoms with Crippen molar-refractivity contribution in [3.63, 3.8) is 0 Å². The van der Waals surface area contributed by atoms with Gasteiger partial charge >= 0.3 is 5.97 Å². The van der Waals surface area contributed by atoms with E-state index in [0.717, 1.165) is 10.0 Å². The highest BCUT2D eigenvalue weighted by Gasteiger charge is 2.52. The second kappa shape index (κ2) is 10.5. The minimum Gasteiger partial charge on any atom is -0.480 e. The normalized spacial score (nSPS) is 22.1. The van der Waals surface area contributed by atoms with Crippen LogP contribution < -0.4 is 10.2 Å². The summed E-state index contributed by atoms with van der Waals surface area (Å²) in [7, 11) is -4.17. The number of nitrogens with one attached hydrogen (secondary N) is 1. The van der Waals surface area contributed by atoms with Gasteiger partial charge in [-0.15, -0.1) is 0 Å². The van der Waals surface area contributed by atoms with Gasteiger partial charge in [-0.1, -0.05) is 51.3 Å². The summed E-state index contributed by atoms with van der Waals surface area (Å²) in [6, 6.07) is 11.2. The molecule has 206 valence electrons. The highest BCUT2D eigenvalue weighted by Crippen LogP contribution is 2.45. The van der Waals surface area contributed by atoms with Crippen LogP contribution in [0.1, 0.15) is 18.9 Å². The predicted octanol–water partition coefficient (Wildman–Crippen LogP) is 4.03. The van der Waals surface area contributed by atoms with Gasteiger partial charge in [-0.05, 0) is 49.2 Å². The Kier molecular flexibility index (Phi) is 7.55. The zero-order valence-electron chi connectivity index (χ0n) is 20.6. The number of benzene rings is 2. The first-order valence-electron chi connectivity index (χ1n) is 12.0. The lowest BCUT2D eigenvalue weighted by Gasteiger charge is -2.28. The molecule has 0 bridgehead atoms. The number of rotatable bonds is 6. The molecular formula is C25H24BrCl2N5O5S. The first-order valence-corrected chi connectivity index (χ1v) is 15.0. The Hall–Kier alpha value is -2.48. The van der Waals surface area contributed by atoms with Gasteiger partial charge in [-0.2, -0.15) is 4.31 Å². The molecule has 5 rings (SSSR count). The van der Waals surface area contributed by atoms with Crippen molar-refractivity contribution in [2.75, 3.05) is 24.5 Å². The summed E-state index contributed by atoms with van der Waals surface area (Å²) in [5.41, 5.74) is -0.202. The van der Waals surface area contributed by atoms with Crippen molar-refractivity contribution >= 4 is 72.7 Å². The molecule has 0 radical (unpaired) electrons. The van der Waals surface area contributed by atoms with E-state index < -0.39 is 33.5 Å². The third-order valence-corrected chi connectivity index (χ3v) is 9.78. The summed E-state index contributed by atoms with van der Waals surface area (Å²) in [5, 5.41) is 12.7. The van der Waals surface area contributed by atoms with Crippen molar-refractivity contribution in [3.05, 3.63) is 68.7 Å². The van der Waals surface area contributed by atoms with Crippen molar-refractivity contribution in [1.29, 1.82) is 0 Å². The summed E-state index contributed by atoms with van der Waals surface area (Å²) in [6.07, 6.45) is 1.51. The van der Waals surface area contributed by atoms with Gasteiger partial charge in [-0.25, -0.2) is 18.3 Å². The molecule has 2 aliphatic heterocycles. The highest BCUT2D eigenvalue weighted by atomic mass is 79.9. The number of hydrogen-bond donors (Lipinski definition) is 2. The monoisotopic (exact) mass is 655 g/mol. The zero-order chi connectivity index (χ0) is 28.1. The molecule has 0 saturated carbocycles. The Morgan fingerprint density at radius 1 is 1.18 bits per heavy atom. The van der Waals surface area contributed by atoms with Crippen molar-refractivity contribution in [3.8, 4) is 0 Å². The van der Waals surface area contributed by atoms with Crippen LogP contribution in [0.4, 0.5) is 11.6 Å². The molecule has 1 fully saturated rings. The molecule has 1 aromatic heterocycles. The molecule has 39 heavy (non-hydrogen) atoms. The number of halogens is 3. The summed E-state index contributed by atoms with van der Waals surface area (Å²) in [4.78, 5) is 31.4. The number of aromatic nitrogens is 2. The van der Waals surface area contributed by atoms with E-state index in [4.69, 9.17) is 23.2 Å². The van der Waals surface area contributed by atoms with Crippen LogP contribution in [0.5, 0.6) is 0 Å². The van der Waals surface area contributed by atoms with Gasteiger partial charge in [0.15, 0.2) is 5.03 Å². The lowest BCUT2D eigenvalue weighted by molar-refractivity contribution is -0.139. The number of nitrogens with zero attached hydrogens (tertiary/aromatic N) is 4. The second-order valence-electron chi connectivity index (χ2n) is 9.61. The number of carbonyl (C=O) groups excluding carboxylic acids is 1. The molecule has 3 aromatic rings. The largest absolute Gasteiger partial charge is 0.480 e. The lowest BCUT2D eigenvalue weighted by atomic mass is 9.92. The Morgan fingerprint density at radius 3 is 2.49 bits per heavy atom. The number of anilines is 2. The van der Waals surface area contributed by atoms with E-state index >= 15 is 0 Å². The van der Waals surface area contributed by atoms with E-state index in [1.54, 1.807) is 19.1 Å². The quantitative estimate of drug-likeness (QED) is 0.411. The average molecular weight is 657 g/mol. The van der Waals surface area contributed by atoms with Gasteiger partial charge in [0.1, 0.15) is 11.6 Å². The second-order valence-corrected chi connectivity index (χ2v) is 13.3. The Labute approximate surface area is 243 Å². The molecule has 14 heteroatoms. The minimum atomic E-state index is -4.17. The summed E-state index contributed by atoms with van der Waals surface area (Å²) in [5.74, 6) is -1.32. The molecule has 0 aliphatic carbocycles. The number of fused-ring (bicyclic) bond motifs is 1. The number of sulfonamides is 1. The van der Waals surface area contributed by atoms with Crippen molar-refractivity contribution in [1.82, 2.24) is 19.2 Å². The van der Waals surface area contributed by atoms with E-state index in [1.165, 1.54) is 26.0 Å². The number of carboxylic acids is 1. The van der Waals surface area contributed by atoms with Crippen molar-refractivity contribution in [2.45, 2.75) is 36.4 Å². The molecular weight excluding hydrogens is 633 g/mol. The zero-order valence-corrected chi connectivity index (χ0v) is 24.6. The summed E-state index contributed by atoms with van der Waals surface area (Å²) >= 11 is 15.9. The first-order chi connectivity index (χ1) is 18.4. The van der Waals surface area contributed by atoms with E-state index in [-0.39, 0.29) is 43.5 Å². The molecule has 10 nitrogen and oxygen atoms in total. The van der Waals surface area contributed by atoms with Crippen molar-refractivity contribution in [2.24, 2.45) is 0 Å². The molecule has 1 amide bonds. The Morgan fingerprint density at radius 2 is 1.85 bits per heavy atom. The maximum absolute atomic E-state index is 14.2. The fourth-order valence-corrected chi connectivity index (χ4v) is 7.47. The number of amides is 1. The number of hydrogen-bond acceptors (Lipinski definition) is 6. The highest BCUT2D eigenvalue weighted by molar-refractivity contribution is 9.10. The van der Waals surface area contributed by atoms with Gasteiger partial charge in [0.25, 0.3) is 15.9 Å². The molecule has 1 unspecified atom stereocenters. The van der Waals surface area contributed by atoms with Gasteiger partial charge in [0.2, 0.25) is 5.95 Å². The number of imidazole rings is 1. The lowest BCUT2D eigenvalue weighted by Crippen LogP contribution is -2.43. The fourth-order valence-electron chi connectivity index (χ4n) is 5.05. The fraction of sp³-hybridized carbons (Fsp3) is 0.320. The summed E-state index contributed by atoms with van der Waals surface area (Å²) in [6.45, 7) is 1.91. The molecule has 2 aromatic carbocycles. The molecule has 0 spiro atoms. The molecule has 2 aliphatic rings. The van der Waals surface area contributed by atoms with Gasteiger partial charge in [0.05, 0.1) is 11.9 Å². The summed E-state index contributed by atoms with van der Waals surface area (Å²) < 4.78 is 31.5. The molecule has 3 heterocycles. The maximum Gasteiger partial charge on any atom is 0.320 e. The number of aliphatic carboxylic acids is 1. The minimum absolute atomic E-state index is 0.00218. The average Bonchev–Trinajstić information content (AvgIpc) is 3.25. The molecule has 1 saturated heterocycles. The number of carboxylic acid groups (broad SMARTS) is 1. The number of carbonyl (C=O) groups is 2. The van der Waals surface area contributed by atoms with Crippen molar-refractivity contribution < 1.29 is 23.1 Å². The van der Waals surface area contributed by atoms with Crippen LogP contribution in [-0.4, -0.2) is 64.9 Å². The smallest absolute Gasteiger partial charge is 0.320 e. The van der Waals surface area contributed by atoms with Crippen LogP contribution in [0.2, 0.25) is 10.0 Å². The molecule has 2 atom stereocenters. The van der Waals surface area contributed by atoms with Crippen LogP contribution in [0.3, 0.4) is 0 Å². The van der Waals surface area contributed by atoms with Crippen LogP contribution in [0, 0.1) is 0 Å². The third kappa shape index (κ3) is 5.09. The van der Waals surface area contributed by atoms with E-state index in [0.29, 0.717) is 15.7 Å². The third-order valence-electron chi connectivity index (χ3n) is 6.96. The van der Waals surface area contributed by atoms with E-state index in [9.17, 15) is 23.1 Å². The standard InChI is InChI=1S/C25H24BrCl2N5O5S/c1-25(13-15-2-4-16(26)5-3-15)23(36)32(19-11-17(27)10-18(28)12-19)24-30-14-21(33(24)25)39(37,38)31-8-6-20(22(34)35)29-7-9-31/h2-5,10-12,14,20,29H,6-9,13H2,1H3,(H,34,35)/t20?,25-/m1/s1. The van der Waals surface area contributed by atoms with Crippen LogP contribution in [0.25, 0.3) is 0 Å². The Bertz CT molecular complexity index is 1540. The van der Waals surface area contributed by atoms with Gasteiger partial charge in [-0.3, -0.25) is 14.2 Å². The van der Waals surface area contributed by atoms with E-state index in [2.05, 4.69) is 26.2 Å². The van der Waals surface area contributed by atoms with Crippen LogP contribution in [0.15, 0.2) is 58.2 Å². The topological polar surface area (TPSA) is 125 Å². The molecule has 2 N–H and O–H groups in total. The van der Waals surface area contributed by atoms with E-state index in [1.807, 2.05) is 24.3 Å². The van der Waals surface area contributed by atoms with Gasteiger partial charge in [0, 0.05) is 40.6 Å². The first kappa shape index (κ1) is 28.1. The predicted molar refractivity (Wildman–Crippen MR) is 150 cm³/mol.